The second-order valence-electron chi connectivity index (χ2n) is 13.7. The summed E-state index contributed by atoms with van der Waals surface area (Å²) in [7, 11) is 0. The van der Waals surface area contributed by atoms with Crippen LogP contribution in [-0.4, -0.2) is 83.0 Å². The lowest BCUT2D eigenvalue weighted by atomic mass is 9.98. The molecule has 0 bridgehead atoms. The standard InChI is InChI=1S/C22H21NO4.C13H14INO4.C9H8/c1-15-2-4-16(5-3-15)6-7-17-8-10-18(11-9-17)12-23-21-19(14-26-22(21)25)20(13-24)27-23;14-9-3-1-8(2-4-9)5-15-12-10(7-18-13(12)17)11(6-16)19-15;1-3-9-6-4-8(2)5-7-9/h2-5,8-11,19-21,24H,12-14H2,1H3;1-4,10-12,16H,5-7H2;1,4-7H,2H3/t19?,20-,21-;10?,11-,12-;/m00./s1. The van der Waals surface area contributed by atoms with Gasteiger partial charge in [-0.15, -0.1) is 6.42 Å². The van der Waals surface area contributed by atoms with Gasteiger partial charge in [0.05, 0.1) is 51.4 Å². The van der Waals surface area contributed by atoms with Gasteiger partial charge in [-0.05, 0) is 96.1 Å². The van der Waals surface area contributed by atoms with E-state index in [4.69, 9.17) is 25.6 Å². The van der Waals surface area contributed by atoms with Gasteiger partial charge in [0.15, 0.2) is 0 Å². The maximum absolute atomic E-state index is 12.0. The molecule has 4 saturated heterocycles. The summed E-state index contributed by atoms with van der Waals surface area (Å²) in [6.07, 6.45) is 4.42. The van der Waals surface area contributed by atoms with Crippen LogP contribution in [0.5, 0.6) is 0 Å². The van der Waals surface area contributed by atoms with E-state index in [1.807, 2.05) is 104 Å². The van der Waals surface area contributed by atoms with Gasteiger partial charge in [0.2, 0.25) is 0 Å². The molecule has 0 spiro atoms. The Kier molecular flexibility index (Phi) is 13.7. The number of cyclic esters (lactones) is 2. The summed E-state index contributed by atoms with van der Waals surface area (Å²) in [5, 5.41) is 22.0. The molecule has 4 aromatic rings. The van der Waals surface area contributed by atoms with Gasteiger partial charge in [-0.1, -0.05) is 77.4 Å². The number of nitrogens with zero attached hydrogens (tertiary/aromatic N) is 2. The molecule has 11 heteroatoms. The Balaban J connectivity index is 0.000000159. The summed E-state index contributed by atoms with van der Waals surface area (Å²) in [4.78, 5) is 35.1. The fourth-order valence-corrected chi connectivity index (χ4v) is 7.02. The van der Waals surface area contributed by atoms with Crippen molar-refractivity contribution in [2.24, 2.45) is 11.8 Å². The first kappa shape index (κ1) is 40.1. The minimum absolute atomic E-state index is 0.0682. The van der Waals surface area contributed by atoms with Crippen molar-refractivity contribution >= 4 is 34.5 Å². The third-order valence-electron chi connectivity index (χ3n) is 9.77. The molecule has 4 aromatic carbocycles. The van der Waals surface area contributed by atoms with Crippen molar-refractivity contribution in [2.75, 3.05) is 26.4 Å². The topological polar surface area (TPSA) is 118 Å². The van der Waals surface area contributed by atoms with E-state index in [9.17, 15) is 19.8 Å². The number of carbonyl (C=O) groups excluding carboxylic acids is 2. The van der Waals surface area contributed by atoms with Crippen LogP contribution in [0.2, 0.25) is 0 Å². The summed E-state index contributed by atoms with van der Waals surface area (Å²) < 4.78 is 11.4. The fourth-order valence-electron chi connectivity index (χ4n) is 6.66. The number of hydroxylamine groups is 4. The van der Waals surface area contributed by atoms with Crippen molar-refractivity contribution in [2.45, 2.75) is 51.2 Å². The monoisotopic (exact) mass is 854 g/mol. The normalized spacial score (nSPS) is 23.8. The van der Waals surface area contributed by atoms with Crippen LogP contribution in [0.1, 0.15) is 38.9 Å². The predicted molar refractivity (Wildman–Crippen MR) is 213 cm³/mol. The quantitative estimate of drug-likeness (QED) is 0.157. The van der Waals surface area contributed by atoms with Crippen LogP contribution >= 0.6 is 22.6 Å². The van der Waals surface area contributed by atoms with Gasteiger partial charge in [0.1, 0.15) is 24.3 Å². The third-order valence-corrected chi connectivity index (χ3v) is 10.5. The Hall–Kier alpha value is -4.57. The molecule has 4 aliphatic heterocycles. The molecule has 4 aliphatic rings. The van der Waals surface area contributed by atoms with Crippen LogP contribution in [0.3, 0.4) is 0 Å². The van der Waals surface area contributed by atoms with Crippen molar-refractivity contribution in [1.82, 2.24) is 10.1 Å². The molecule has 0 amide bonds. The van der Waals surface area contributed by atoms with Crippen LogP contribution in [0.15, 0.2) is 97.1 Å². The van der Waals surface area contributed by atoms with E-state index in [0.29, 0.717) is 26.3 Å². The first-order valence-corrected chi connectivity index (χ1v) is 19.1. The molecule has 2 unspecified atom stereocenters. The van der Waals surface area contributed by atoms with Gasteiger partial charge in [0.25, 0.3) is 0 Å². The molecule has 2 N–H and O–H groups in total. The molecule has 0 radical (unpaired) electrons. The zero-order chi connectivity index (χ0) is 38.9. The lowest BCUT2D eigenvalue weighted by Crippen LogP contribution is -2.34. The van der Waals surface area contributed by atoms with Crippen LogP contribution in [0, 0.1) is 53.4 Å². The summed E-state index contributed by atoms with van der Waals surface area (Å²) >= 11 is 2.25. The number of hydrogen-bond donors (Lipinski definition) is 2. The Morgan fingerprint density at radius 3 is 1.42 bits per heavy atom. The minimum atomic E-state index is -0.442. The number of rotatable bonds is 6. The van der Waals surface area contributed by atoms with E-state index in [1.54, 1.807) is 10.1 Å². The Morgan fingerprint density at radius 2 is 1.02 bits per heavy atom. The number of fused-ring (bicyclic) bond motifs is 2. The fraction of sp³-hybridized carbons (Fsp3) is 0.318. The molecule has 284 valence electrons. The first-order valence-electron chi connectivity index (χ1n) is 18.0. The number of carbonyl (C=O) groups is 2. The van der Waals surface area contributed by atoms with E-state index in [2.05, 4.69) is 47.3 Å². The number of aliphatic hydroxyl groups is 2. The number of terminal acetylenes is 1. The predicted octanol–water partition coefficient (Wildman–Crippen LogP) is 4.96. The summed E-state index contributed by atoms with van der Waals surface area (Å²) in [5.41, 5.74) is 7.38. The number of ether oxygens (including phenoxy) is 2. The van der Waals surface area contributed by atoms with Crippen LogP contribution in [0.25, 0.3) is 0 Å². The molecule has 0 saturated carbocycles. The molecule has 4 heterocycles. The number of hydrogen-bond acceptors (Lipinski definition) is 10. The van der Waals surface area contributed by atoms with Crippen molar-refractivity contribution in [3.05, 3.63) is 140 Å². The highest BCUT2D eigenvalue weighted by atomic mass is 127. The van der Waals surface area contributed by atoms with Crippen molar-refractivity contribution in [3.63, 3.8) is 0 Å². The van der Waals surface area contributed by atoms with Gasteiger partial charge < -0.3 is 19.7 Å². The highest BCUT2D eigenvalue weighted by Gasteiger charge is 2.53. The Labute approximate surface area is 335 Å². The number of benzene rings is 4. The molecule has 0 aromatic heterocycles. The molecular formula is C44H43IN2O8. The molecule has 0 aliphatic carbocycles. The maximum atomic E-state index is 12.0. The molecule has 6 atom stereocenters. The SMILES string of the molecule is C#Cc1ccc(C)cc1.Cc1ccc(C#Cc2ccc(CN3O[C@@H](CO)C4COC(=O)[C@H]43)cc2)cc1.O=C1OCC2[C@H](CO)ON(Cc3ccc(I)cc3)[C@H]12. The van der Waals surface area contributed by atoms with Crippen LogP contribution in [0.4, 0.5) is 0 Å². The molecule has 8 rings (SSSR count). The number of esters is 2. The van der Waals surface area contributed by atoms with E-state index in [-0.39, 0.29) is 49.2 Å². The second kappa shape index (κ2) is 18.8. The van der Waals surface area contributed by atoms with Gasteiger partial charge in [-0.2, -0.15) is 10.1 Å². The lowest BCUT2D eigenvalue weighted by molar-refractivity contribution is -0.193. The smallest absolute Gasteiger partial charge is 0.326 e. The van der Waals surface area contributed by atoms with Crippen LogP contribution in [-0.2, 0) is 41.8 Å². The third kappa shape index (κ3) is 10.2. The van der Waals surface area contributed by atoms with Gasteiger partial charge in [-0.25, -0.2) is 0 Å². The average molecular weight is 855 g/mol. The number of aliphatic hydroxyl groups excluding tert-OH is 2. The van der Waals surface area contributed by atoms with Gasteiger partial charge in [0, 0.05) is 20.3 Å². The zero-order valence-corrected chi connectivity index (χ0v) is 32.8. The average Bonchev–Trinajstić information content (AvgIpc) is 3.97. The van der Waals surface area contributed by atoms with Crippen molar-refractivity contribution in [3.8, 4) is 24.2 Å². The van der Waals surface area contributed by atoms with Crippen LogP contribution < -0.4 is 0 Å². The molecule has 55 heavy (non-hydrogen) atoms. The summed E-state index contributed by atoms with van der Waals surface area (Å²) in [6, 6.07) is 31.1. The first-order chi connectivity index (χ1) is 26.6. The maximum Gasteiger partial charge on any atom is 0.326 e. The number of halogens is 1. The van der Waals surface area contributed by atoms with Crippen molar-refractivity contribution in [1.29, 1.82) is 0 Å². The molecule has 10 nitrogen and oxygen atoms in total. The Bertz CT molecular complexity index is 2020. The van der Waals surface area contributed by atoms with Gasteiger partial charge in [-0.3, -0.25) is 19.3 Å². The van der Waals surface area contributed by atoms with E-state index < -0.39 is 12.1 Å². The van der Waals surface area contributed by atoms with E-state index in [0.717, 1.165) is 31.4 Å². The highest BCUT2D eigenvalue weighted by Crippen LogP contribution is 2.35. The second-order valence-corrected chi connectivity index (χ2v) is 15.0. The van der Waals surface area contributed by atoms with E-state index in [1.165, 1.54) is 11.1 Å². The summed E-state index contributed by atoms with van der Waals surface area (Å²) in [6.45, 7) is 5.48. The Morgan fingerprint density at radius 1 is 0.636 bits per heavy atom. The summed E-state index contributed by atoms with van der Waals surface area (Å²) in [5.74, 6) is 8.15. The molecule has 4 fully saturated rings. The minimum Gasteiger partial charge on any atom is -0.464 e. The number of aryl methyl sites for hydroxylation is 2. The largest absolute Gasteiger partial charge is 0.464 e. The van der Waals surface area contributed by atoms with Crippen molar-refractivity contribution < 1.29 is 39.0 Å². The van der Waals surface area contributed by atoms with Gasteiger partial charge >= 0.3 is 11.9 Å². The lowest BCUT2D eigenvalue weighted by Gasteiger charge is -2.19. The molecular weight excluding hydrogens is 811 g/mol. The highest BCUT2D eigenvalue weighted by molar-refractivity contribution is 14.1. The van der Waals surface area contributed by atoms with E-state index >= 15 is 0 Å². The zero-order valence-electron chi connectivity index (χ0n) is 30.6.